The molecule has 0 unspecified atom stereocenters. The highest BCUT2D eigenvalue weighted by Crippen LogP contribution is 2.60. The molecule has 8 atom stereocenters. The van der Waals surface area contributed by atoms with Crippen LogP contribution in [0.3, 0.4) is 0 Å². The van der Waals surface area contributed by atoms with Gasteiger partial charge in [0, 0.05) is 24.2 Å². The van der Waals surface area contributed by atoms with Crippen LogP contribution >= 0.6 is 0 Å². The van der Waals surface area contributed by atoms with Crippen LogP contribution in [0.5, 0.6) is 0 Å². The highest BCUT2D eigenvalue weighted by molar-refractivity contribution is 5.86. The highest BCUT2D eigenvalue weighted by atomic mass is 16.1. The van der Waals surface area contributed by atoms with E-state index < -0.39 is 0 Å². The summed E-state index contributed by atoms with van der Waals surface area (Å²) >= 11 is 0. The summed E-state index contributed by atoms with van der Waals surface area (Å²) in [5, 5.41) is 0. The molecule has 4 aliphatic rings. The lowest BCUT2D eigenvalue weighted by Crippen LogP contribution is -2.57. The Balaban J connectivity index is 1.74. The molecule has 0 saturated heterocycles. The van der Waals surface area contributed by atoms with Gasteiger partial charge in [-0.1, -0.05) is 13.8 Å². The maximum Gasteiger partial charge on any atom is 0.139 e. The van der Waals surface area contributed by atoms with E-state index in [1.807, 2.05) is 0 Å². The smallest absolute Gasteiger partial charge is 0.139 e. The molecule has 0 radical (unpaired) electrons. The number of carbonyl (C=O) groups is 2. The van der Waals surface area contributed by atoms with E-state index >= 15 is 0 Å². The van der Waals surface area contributed by atoms with Crippen molar-refractivity contribution < 1.29 is 9.59 Å². The average Bonchev–Trinajstić information content (AvgIpc) is 2.43. The number of rotatable bonds is 0. The van der Waals surface area contributed by atoms with Gasteiger partial charge in [0.1, 0.15) is 11.6 Å². The normalized spacial score (nSPS) is 54.5. The Morgan fingerprint density at radius 1 is 0.900 bits per heavy atom. The van der Waals surface area contributed by atoms with Gasteiger partial charge in [0.2, 0.25) is 0 Å². The topological polar surface area (TPSA) is 34.1 Å². The van der Waals surface area contributed by atoms with Crippen LogP contribution in [-0.2, 0) is 9.59 Å². The van der Waals surface area contributed by atoms with Gasteiger partial charge in [0.25, 0.3) is 0 Å². The van der Waals surface area contributed by atoms with E-state index in [1.165, 1.54) is 6.42 Å². The van der Waals surface area contributed by atoms with Gasteiger partial charge in [0.15, 0.2) is 0 Å². The van der Waals surface area contributed by atoms with Crippen LogP contribution in [0.4, 0.5) is 0 Å². The van der Waals surface area contributed by atoms with Crippen molar-refractivity contribution in [2.75, 3.05) is 0 Å². The van der Waals surface area contributed by atoms with Crippen molar-refractivity contribution >= 4 is 11.6 Å². The summed E-state index contributed by atoms with van der Waals surface area (Å²) in [6.45, 7) is 4.53. The fourth-order valence-corrected chi connectivity index (χ4v) is 6.56. The van der Waals surface area contributed by atoms with E-state index in [0.29, 0.717) is 35.2 Å². The van der Waals surface area contributed by atoms with Gasteiger partial charge in [-0.15, -0.1) is 0 Å². The number of ketones is 2. The molecule has 110 valence electrons. The van der Waals surface area contributed by atoms with Gasteiger partial charge < -0.3 is 0 Å². The Bertz CT molecular complexity index is 454. The van der Waals surface area contributed by atoms with Crippen LogP contribution in [0.25, 0.3) is 0 Å². The fourth-order valence-electron chi connectivity index (χ4n) is 6.56. The van der Waals surface area contributed by atoms with Crippen molar-refractivity contribution in [2.24, 2.45) is 47.3 Å². The van der Waals surface area contributed by atoms with Crippen LogP contribution in [-0.4, -0.2) is 11.6 Å². The zero-order valence-electron chi connectivity index (χ0n) is 12.7. The van der Waals surface area contributed by atoms with Gasteiger partial charge in [0.05, 0.1) is 0 Å². The quantitative estimate of drug-likeness (QED) is 0.677. The van der Waals surface area contributed by atoms with Crippen molar-refractivity contribution in [3.05, 3.63) is 0 Å². The summed E-state index contributed by atoms with van der Waals surface area (Å²) < 4.78 is 0. The molecule has 0 heterocycles. The summed E-state index contributed by atoms with van der Waals surface area (Å²) in [4.78, 5) is 24.9. The van der Waals surface area contributed by atoms with Crippen LogP contribution in [0.1, 0.15) is 52.4 Å². The van der Waals surface area contributed by atoms with Gasteiger partial charge in [-0.05, 0) is 61.7 Å². The minimum Gasteiger partial charge on any atom is -0.299 e. The Morgan fingerprint density at radius 3 is 2.45 bits per heavy atom. The molecular formula is C18H26O2. The number of hydrogen-bond donors (Lipinski definition) is 0. The first kappa shape index (κ1) is 13.0. The second-order valence-corrected chi connectivity index (χ2v) is 8.13. The first-order valence-corrected chi connectivity index (χ1v) is 8.64. The summed E-state index contributed by atoms with van der Waals surface area (Å²) in [5.41, 5.74) is 0. The molecule has 2 heteroatoms. The van der Waals surface area contributed by atoms with Crippen molar-refractivity contribution in [2.45, 2.75) is 52.4 Å². The lowest BCUT2D eigenvalue weighted by Gasteiger charge is -2.58. The van der Waals surface area contributed by atoms with Crippen molar-refractivity contribution in [1.29, 1.82) is 0 Å². The van der Waals surface area contributed by atoms with Crippen molar-refractivity contribution in [3.63, 3.8) is 0 Å². The Kier molecular flexibility index (Phi) is 2.88. The third kappa shape index (κ3) is 1.63. The maximum atomic E-state index is 12.6. The highest BCUT2D eigenvalue weighted by Gasteiger charge is 2.58. The van der Waals surface area contributed by atoms with Crippen LogP contribution < -0.4 is 0 Å². The molecule has 2 nitrogen and oxygen atoms in total. The standard InChI is InChI=1S/C18H26O2/c1-9-7-11-8-10(2)18(20)14-4-3-13-15(19)6-5-12(9)17(13)16(11)14/h9-14,16-17H,3-8H2,1-2H3/t9-,10+,11-,12+,13+,14-,16+,17+/m0/s1. The second-order valence-electron chi connectivity index (χ2n) is 8.13. The lowest BCUT2D eigenvalue weighted by molar-refractivity contribution is -0.159. The zero-order chi connectivity index (χ0) is 14.0. The molecule has 0 N–H and O–H groups in total. The molecule has 0 aliphatic heterocycles. The number of hydrogen-bond acceptors (Lipinski definition) is 2. The van der Waals surface area contributed by atoms with Gasteiger partial charge in [-0.25, -0.2) is 0 Å². The van der Waals surface area contributed by atoms with Crippen molar-refractivity contribution in [3.8, 4) is 0 Å². The van der Waals surface area contributed by atoms with E-state index in [0.717, 1.165) is 49.9 Å². The molecule has 0 aromatic rings. The van der Waals surface area contributed by atoms with Crippen LogP contribution in [0.15, 0.2) is 0 Å². The van der Waals surface area contributed by atoms with E-state index in [2.05, 4.69) is 13.8 Å². The summed E-state index contributed by atoms with van der Waals surface area (Å²) in [5.74, 6) is 5.23. The molecule has 0 bridgehead atoms. The Labute approximate surface area is 121 Å². The predicted octanol–water partition coefficient (Wildman–Crippen LogP) is 3.49. The van der Waals surface area contributed by atoms with E-state index in [1.54, 1.807) is 0 Å². The predicted molar refractivity (Wildman–Crippen MR) is 77.0 cm³/mol. The van der Waals surface area contributed by atoms with Crippen molar-refractivity contribution in [1.82, 2.24) is 0 Å². The molecule has 4 fully saturated rings. The van der Waals surface area contributed by atoms with Gasteiger partial charge >= 0.3 is 0 Å². The summed E-state index contributed by atoms with van der Waals surface area (Å²) in [7, 11) is 0. The molecule has 0 aromatic heterocycles. The van der Waals surface area contributed by atoms with E-state index in [-0.39, 0.29) is 5.92 Å². The first-order valence-electron chi connectivity index (χ1n) is 8.64. The monoisotopic (exact) mass is 274 g/mol. The summed E-state index contributed by atoms with van der Waals surface area (Å²) in [6, 6.07) is 0. The van der Waals surface area contributed by atoms with E-state index in [4.69, 9.17) is 0 Å². The fraction of sp³-hybridized carbons (Fsp3) is 0.889. The third-order valence-corrected chi connectivity index (χ3v) is 7.25. The molecule has 4 saturated carbocycles. The molecule has 4 rings (SSSR count). The van der Waals surface area contributed by atoms with E-state index in [9.17, 15) is 9.59 Å². The van der Waals surface area contributed by atoms with Gasteiger partial charge in [-0.2, -0.15) is 0 Å². The lowest BCUT2D eigenvalue weighted by atomic mass is 9.45. The Morgan fingerprint density at radius 2 is 1.65 bits per heavy atom. The SMILES string of the molecule is C[C@@H]1C[C@@H]2C[C@H](C)[C@H]3CCC(=O)[C@H]4CC[C@H](C1=O)[C@@H]2[C@H]34. The van der Waals surface area contributed by atoms with Gasteiger partial charge in [-0.3, -0.25) is 9.59 Å². The molecule has 0 spiro atoms. The third-order valence-electron chi connectivity index (χ3n) is 7.25. The zero-order valence-corrected chi connectivity index (χ0v) is 12.7. The minimum absolute atomic E-state index is 0.265. The maximum absolute atomic E-state index is 12.6. The molecule has 0 aromatic carbocycles. The van der Waals surface area contributed by atoms with Crippen LogP contribution in [0, 0.1) is 47.3 Å². The number of Topliss-reactive ketones (excluding diaryl/α,β-unsaturated/α-hetero) is 2. The molecule has 20 heavy (non-hydrogen) atoms. The molecular weight excluding hydrogens is 248 g/mol. The first-order chi connectivity index (χ1) is 9.58. The Hall–Kier alpha value is -0.660. The molecule has 0 amide bonds. The van der Waals surface area contributed by atoms with Crippen LogP contribution in [0.2, 0.25) is 0 Å². The number of carbonyl (C=O) groups excluding carboxylic acids is 2. The largest absolute Gasteiger partial charge is 0.299 e. The average molecular weight is 274 g/mol. The minimum atomic E-state index is 0.265. The summed E-state index contributed by atoms with van der Waals surface area (Å²) in [6.07, 6.45) is 6.30. The molecule has 4 aliphatic carbocycles. The second kappa shape index (κ2) is 4.42.